The van der Waals surface area contributed by atoms with E-state index in [1.165, 1.54) is 5.57 Å². The Hall–Kier alpha value is -1.33. The molecule has 0 spiro atoms. The Kier molecular flexibility index (Phi) is 8.95. The lowest BCUT2D eigenvalue weighted by Crippen LogP contribution is -2.25. The van der Waals surface area contributed by atoms with Crippen molar-refractivity contribution in [3.8, 4) is 5.88 Å². The van der Waals surface area contributed by atoms with Crippen molar-refractivity contribution in [1.29, 1.82) is 0 Å². The highest BCUT2D eigenvalue weighted by molar-refractivity contribution is 5.24. The molecule has 1 aromatic rings. The molecule has 0 amide bonds. The molecule has 0 saturated carbocycles. The summed E-state index contributed by atoms with van der Waals surface area (Å²) in [4.78, 5) is 0. The van der Waals surface area contributed by atoms with Crippen molar-refractivity contribution in [1.82, 2.24) is 5.16 Å². The minimum Gasteiger partial charge on any atom is -0.470 e. The Bertz CT molecular complexity index is 461. The standard InChI is InChI=1S/C18H31NO4/c1-7-10-14(6)18(13(4)5)15-11-16(19-23-15)22-12-17(20-8-2)21-9-3/h10-11,13,17-18H,7-9,12H2,1-6H3/b14-10+. The molecule has 0 aliphatic rings. The van der Waals surface area contributed by atoms with Gasteiger partial charge in [-0.2, -0.15) is 0 Å². The van der Waals surface area contributed by atoms with Gasteiger partial charge in [-0.3, -0.25) is 0 Å². The van der Waals surface area contributed by atoms with Crippen LogP contribution in [-0.4, -0.2) is 31.3 Å². The maximum absolute atomic E-state index is 5.65. The molecule has 0 aliphatic heterocycles. The van der Waals surface area contributed by atoms with Crippen LogP contribution in [0.4, 0.5) is 0 Å². The highest BCUT2D eigenvalue weighted by Crippen LogP contribution is 2.33. The van der Waals surface area contributed by atoms with Crippen molar-refractivity contribution in [3.05, 3.63) is 23.5 Å². The number of hydrogen-bond acceptors (Lipinski definition) is 5. The molecule has 1 rings (SSSR count). The molecule has 1 atom stereocenters. The van der Waals surface area contributed by atoms with Gasteiger partial charge >= 0.3 is 0 Å². The molecule has 0 N–H and O–H groups in total. The average molecular weight is 325 g/mol. The van der Waals surface area contributed by atoms with Gasteiger partial charge in [0.25, 0.3) is 5.88 Å². The molecule has 0 fully saturated rings. The van der Waals surface area contributed by atoms with Crippen LogP contribution in [0.1, 0.15) is 59.6 Å². The SMILES string of the molecule is CC/C=C(\C)C(c1cc(OCC(OCC)OCC)no1)C(C)C. The molecular weight excluding hydrogens is 294 g/mol. The number of aromatic nitrogens is 1. The Morgan fingerprint density at radius 3 is 2.39 bits per heavy atom. The third-order valence-electron chi connectivity index (χ3n) is 3.57. The fourth-order valence-corrected chi connectivity index (χ4v) is 2.68. The zero-order chi connectivity index (χ0) is 17.2. The predicted octanol–water partition coefficient (Wildman–Crippen LogP) is 4.55. The van der Waals surface area contributed by atoms with E-state index < -0.39 is 0 Å². The van der Waals surface area contributed by atoms with Crippen LogP contribution in [0.2, 0.25) is 0 Å². The lowest BCUT2D eigenvalue weighted by atomic mass is 9.86. The molecule has 0 bridgehead atoms. The summed E-state index contributed by atoms with van der Waals surface area (Å²) in [6, 6.07) is 1.87. The molecule has 5 nitrogen and oxygen atoms in total. The quantitative estimate of drug-likeness (QED) is 0.441. The van der Waals surface area contributed by atoms with Crippen LogP contribution in [0, 0.1) is 5.92 Å². The number of nitrogens with zero attached hydrogens (tertiary/aromatic N) is 1. The van der Waals surface area contributed by atoms with Crippen molar-refractivity contribution in [2.24, 2.45) is 5.92 Å². The summed E-state index contributed by atoms with van der Waals surface area (Å²) in [6.45, 7) is 13.9. The average Bonchev–Trinajstić information content (AvgIpc) is 2.93. The maximum atomic E-state index is 5.65. The minimum atomic E-state index is -0.382. The van der Waals surface area contributed by atoms with Crippen molar-refractivity contribution >= 4 is 0 Å². The lowest BCUT2D eigenvalue weighted by molar-refractivity contribution is -0.152. The van der Waals surface area contributed by atoms with E-state index in [4.69, 9.17) is 18.7 Å². The first kappa shape index (κ1) is 19.7. The van der Waals surface area contributed by atoms with Gasteiger partial charge in [-0.25, -0.2) is 0 Å². The zero-order valence-electron chi connectivity index (χ0n) is 15.3. The number of rotatable bonds is 11. The monoisotopic (exact) mass is 325 g/mol. The van der Waals surface area contributed by atoms with Crippen LogP contribution in [-0.2, 0) is 9.47 Å². The van der Waals surface area contributed by atoms with E-state index in [0.717, 1.165) is 12.2 Å². The molecule has 0 aliphatic carbocycles. The first-order chi connectivity index (χ1) is 11.0. The first-order valence-electron chi connectivity index (χ1n) is 8.52. The summed E-state index contributed by atoms with van der Waals surface area (Å²) in [5, 5.41) is 4.02. The Morgan fingerprint density at radius 1 is 1.22 bits per heavy atom. The van der Waals surface area contributed by atoms with Gasteiger partial charge in [0.1, 0.15) is 12.4 Å². The molecule has 1 aromatic heterocycles. The van der Waals surface area contributed by atoms with Gasteiger partial charge in [0.05, 0.1) is 0 Å². The van der Waals surface area contributed by atoms with E-state index in [-0.39, 0.29) is 12.2 Å². The summed E-state index contributed by atoms with van der Waals surface area (Å²) in [5.41, 5.74) is 1.30. The molecule has 1 unspecified atom stereocenters. The fourth-order valence-electron chi connectivity index (χ4n) is 2.68. The highest BCUT2D eigenvalue weighted by Gasteiger charge is 2.23. The number of allylic oxidation sites excluding steroid dienone is 2. The summed E-state index contributed by atoms with van der Waals surface area (Å²) in [6.07, 6.45) is 2.86. The zero-order valence-corrected chi connectivity index (χ0v) is 15.3. The molecular formula is C18H31NO4. The lowest BCUT2D eigenvalue weighted by Gasteiger charge is -2.18. The Labute approximate surface area is 140 Å². The molecule has 1 heterocycles. The van der Waals surface area contributed by atoms with Crippen LogP contribution in [0.15, 0.2) is 22.2 Å². The number of hydrogen-bond donors (Lipinski definition) is 0. The summed E-state index contributed by atoms with van der Waals surface area (Å²) in [5.74, 6) is 1.95. The van der Waals surface area contributed by atoms with E-state index in [1.807, 2.05) is 19.9 Å². The molecule has 0 radical (unpaired) electrons. The van der Waals surface area contributed by atoms with Crippen LogP contribution in [0.3, 0.4) is 0 Å². The molecule has 0 saturated heterocycles. The molecule has 132 valence electrons. The van der Waals surface area contributed by atoms with Gasteiger partial charge in [-0.15, -0.1) is 0 Å². The summed E-state index contributed by atoms with van der Waals surface area (Å²) < 4.78 is 22.1. The summed E-state index contributed by atoms with van der Waals surface area (Å²) in [7, 11) is 0. The Morgan fingerprint density at radius 2 is 1.87 bits per heavy atom. The van der Waals surface area contributed by atoms with Gasteiger partial charge in [0, 0.05) is 25.2 Å². The van der Waals surface area contributed by atoms with Crippen LogP contribution >= 0.6 is 0 Å². The predicted molar refractivity (Wildman–Crippen MR) is 90.7 cm³/mol. The van der Waals surface area contributed by atoms with Crippen LogP contribution in [0.25, 0.3) is 0 Å². The molecule has 5 heteroatoms. The third-order valence-corrected chi connectivity index (χ3v) is 3.57. The Balaban J connectivity index is 2.73. The fraction of sp³-hybridized carbons (Fsp3) is 0.722. The van der Waals surface area contributed by atoms with E-state index >= 15 is 0 Å². The molecule has 23 heavy (non-hydrogen) atoms. The second-order valence-corrected chi connectivity index (χ2v) is 5.80. The normalized spacial score (nSPS) is 13.8. The van der Waals surface area contributed by atoms with Crippen molar-refractivity contribution in [3.63, 3.8) is 0 Å². The van der Waals surface area contributed by atoms with Gasteiger partial charge in [0.15, 0.2) is 6.29 Å². The maximum Gasteiger partial charge on any atom is 0.254 e. The first-order valence-corrected chi connectivity index (χ1v) is 8.52. The minimum absolute atomic E-state index is 0.217. The third kappa shape index (κ3) is 6.36. The van der Waals surface area contributed by atoms with Crippen molar-refractivity contribution in [2.45, 2.75) is 60.2 Å². The van der Waals surface area contributed by atoms with Crippen LogP contribution < -0.4 is 4.74 Å². The molecule has 0 aromatic carbocycles. The van der Waals surface area contributed by atoms with Gasteiger partial charge in [0.2, 0.25) is 0 Å². The smallest absolute Gasteiger partial charge is 0.254 e. The van der Waals surface area contributed by atoms with Gasteiger partial charge < -0.3 is 18.7 Å². The van der Waals surface area contributed by atoms with Crippen molar-refractivity contribution < 1.29 is 18.7 Å². The van der Waals surface area contributed by atoms with Gasteiger partial charge in [-0.1, -0.05) is 32.4 Å². The van der Waals surface area contributed by atoms with Crippen LogP contribution in [0.5, 0.6) is 5.88 Å². The van der Waals surface area contributed by atoms with E-state index in [9.17, 15) is 0 Å². The summed E-state index contributed by atoms with van der Waals surface area (Å²) >= 11 is 0. The van der Waals surface area contributed by atoms with E-state index in [0.29, 0.717) is 31.6 Å². The topological polar surface area (TPSA) is 53.7 Å². The largest absolute Gasteiger partial charge is 0.470 e. The van der Waals surface area contributed by atoms with E-state index in [1.54, 1.807) is 0 Å². The second-order valence-electron chi connectivity index (χ2n) is 5.80. The second kappa shape index (κ2) is 10.4. The van der Waals surface area contributed by atoms with Crippen molar-refractivity contribution in [2.75, 3.05) is 19.8 Å². The van der Waals surface area contributed by atoms with E-state index in [2.05, 4.69) is 38.9 Å². The number of ether oxygens (including phenoxy) is 3. The van der Waals surface area contributed by atoms with Gasteiger partial charge in [-0.05, 0) is 38.3 Å². The highest BCUT2D eigenvalue weighted by atomic mass is 16.7.